The Hall–Kier alpha value is -2.72. The number of hydrogen-bond acceptors (Lipinski definition) is 16. The van der Waals surface area contributed by atoms with Crippen molar-refractivity contribution in [3.05, 3.63) is 56.9 Å². The minimum Gasteiger partial charge on any atom is -0.459 e. The van der Waals surface area contributed by atoms with E-state index >= 15 is 0 Å². The van der Waals surface area contributed by atoms with E-state index in [9.17, 15) is 39.3 Å². The molecule has 0 bridgehead atoms. The van der Waals surface area contributed by atoms with Gasteiger partial charge in [0.15, 0.2) is 42.4 Å². The van der Waals surface area contributed by atoms with Gasteiger partial charge in [0, 0.05) is 25.2 Å². The largest absolute Gasteiger partial charge is 0.459 e. The molecule has 2 aliphatic heterocycles. The highest BCUT2D eigenvalue weighted by Crippen LogP contribution is 2.31. The van der Waals surface area contributed by atoms with Gasteiger partial charge in [0.05, 0.1) is 24.6 Å². The Balaban J connectivity index is 0.000000472. The first kappa shape index (κ1) is 65.3. The van der Waals surface area contributed by atoms with Crippen molar-refractivity contribution in [2.75, 3.05) is 13.2 Å². The molecule has 22 heteroatoms. The Kier molecular flexibility index (Phi) is 29.0. The number of carbonyl (C=O) groups is 3. The van der Waals surface area contributed by atoms with Crippen molar-refractivity contribution in [2.24, 2.45) is 0 Å². The smallest absolute Gasteiger partial charge is 0.350 e. The fraction of sp³-hybridized carbons (Fsp3) is 0.771. The third kappa shape index (κ3) is 20.3. The van der Waals surface area contributed by atoms with Gasteiger partial charge in [0.25, 0.3) is 0 Å². The normalized spacial score (nSPS) is 21.5. The van der Waals surface area contributed by atoms with E-state index in [1.54, 1.807) is 0 Å². The fourth-order valence-electron chi connectivity index (χ4n) is 8.77. The summed E-state index contributed by atoms with van der Waals surface area (Å²) in [6.07, 6.45) is -5.86. The summed E-state index contributed by atoms with van der Waals surface area (Å²) in [5.74, 6) is -0.978. The molecule has 70 heavy (non-hydrogen) atoms. The molecular weight excluding hydrogens is 969 g/mol. The van der Waals surface area contributed by atoms with Crippen molar-refractivity contribution in [3.8, 4) is 0 Å². The molecular formula is C48H90N4O14Si4. The van der Waals surface area contributed by atoms with E-state index in [0.717, 1.165) is 53.5 Å². The average molecular weight is 1060 g/mol. The van der Waals surface area contributed by atoms with Crippen LogP contribution in [0.2, 0.25) is 44.3 Å². The van der Waals surface area contributed by atoms with Crippen LogP contribution in [0.4, 0.5) is 0 Å². The van der Waals surface area contributed by atoms with Crippen LogP contribution in [0, 0.1) is 0 Å². The van der Waals surface area contributed by atoms with Gasteiger partial charge in [0.1, 0.15) is 42.1 Å². The summed E-state index contributed by atoms with van der Waals surface area (Å²) in [5, 5.41) is 46.9. The number of carbonyl (C=O) groups excluding carboxylic acids is 3. The Morgan fingerprint density at radius 3 is 1.14 bits per heavy atom. The maximum atomic E-state index is 11.9. The number of nitrogens with zero attached hydrogens (tertiary/aromatic N) is 4. The molecule has 2 saturated heterocycles. The molecule has 5 N–H and O–H groups in total. The number of ketones is 3. The highest BCUT2D eigenvalue weighted by atomic mass is 28.4. The molecule has 0 amide bonds. The lowest BCUT2D eigenvalue weighted by Gasteiger charge is -2.32. The van der Waals surface area contributed by atoms with Gasteiger partial charge in [-0.2, -0.15) is 9.97 Å². The number of aromatic nitrogens is 4. The Morgan fingerprint density at radius 2 is 0.886 bits per heavy atom. The number of hydrogen-bond donors (Lipinski definition) is 5. The van der Waals surface area contributed by atoms with E-state index in [0.29, 0.717) is 11.4 Å². The quantitative estimate of drug-likeness (QED) is 0.115. The van der Waals surface area contributed by atoms with Crippen LogP contribution in [0.25, 0.3) is 0 Å². The summed E-state index contributed by atoms with van der Waals surface area (Å²) < 4.78 is 25.4. The van der Waals surface area contributed by atoms with Crippen LogP contribution in [0.1, 0.15) is 148 Å². The van der Waals surface area contributed by atoms with Crippen molar-refractivity contribution in [1.29, 1.82) is 0 Å². The summed E-state index contributed by atoms with van der Waals surface area (Å²) >= 11 is 0. The van der Waals surface area contributed by atoms with Crippen LogP contribution in [0.3, 0.4) is 0 Å². The number of ether oxygens (including phenoxy) is 2. The van der Waals surface area contributed by atoms with Crippen molar-refractivity contribution < 1.29 is 57.6 Å². The van der Waals surface area contributed by atoms with E-state index in [1.165, 1.54) is 38.4 Å². The zero-order chi connectivity index (χ0) is 54.1. The standard InChI is InChI=1S/C12H16N2O6.C12H14N2O6.2C12H30OSi2/c2*1-6(16)4-7-2-3-14(12(19)13-7)11-10(18)9(17)8(5-15)20-11;2*1-9(2)14(10(3)4)13-15(11(5)6)12(7)8/h2-3,8-11,15,17-18H,4-5H2,1H3;2-3,8-9,11,15,17H,4-5H2,1H3;2*9-12,14-15H,1-8H3/t8-,9-,10-,11-;8-,9-,11-;;/m11../s1. The summed E-state index contributed by atoms with van der Waals surface area (Å²) in [4.78, 5) is 64.8. The SMILES string of the molecule is CC(=O)Cc1ccn([C@@H]2O[C@H](CO)[C@@H](O)C2=O)c(=O)n1.CC(=O)Cc1ccn([C@@H]2O[C@H](CO)[C@@H](O)[C@H]2O)c(=O)n1.CC(C)[SiH](O[SiH](C(C)C)C(C)C)C(C)C.CC(C)[SiH](O[SiH](C(C)C)C(C)C)C(C)C. The predicted octanol–water partition coefficient (Wildman–Crippen LogP) is 4.36. The highest BCUT2D eigenvalue weighted by molar-refractivity contribution is 6.69. The van der Waals surface area contributed by atoms with Crippen molar-refractivity contribution in [3.63, 3.8) is 0 Å². The van der Waals surface area contributed by atoms with E-state index in [1.807, 2.05) is 0 Å². The molecule has 2 aromatic heterocycles. The first-order valence-electron chi connectivity index (χ1n) is 25.0. The zero-order valence-corrected chi connectivity index (χ0v) is 49.9. The van der Waals surface area contributed by atoms with Crippen LogP contribution < -0.4 is 11.4 Å². The molecule has 402 valence electrons. The number of rotatable bonds is 20. The van der Waals surface area contributed by atoms with Gasteiger partial charge >= 0.3 is 11.4 Å². The second-order valence-electron chi connectivity index (χ2n) is 21.3. The minimum absolute atomic E-state index is 0.0252. The highest BCUT2D eigenvalue weighted by Gasteiger charge is 2.45. The lowest BCUT2D eigenvalue weighted by atomic mass is 10.1. The second-order valence-corrected chi connectivity index (χ2v) is 37.9. The molecule has 2 aliphatic rings. The summed E-state index contributed by atoms with van der Waals surface area (Å²) in [5.41, 5.74) is 5.37. The van der Waals surface area contributed by atoms with Crippen molar-refractivity contribution in [1.82, 2.24) is 19.1 Å². The summed E-state index contributed by atoms with van der Waals surface area (Å²) in [6.45, 7) is 39.1. The minimum atomic E-state index is -1.48. The molecule has 0 saturated carbocycles. The van der Waals surface area contributed by atoms with Crippen molar-refractivity contribution in [2.45, 2.75) is 225 Å². The van der Waals surface area contributed by atoms with Gasteiger partial charge in [-0.25, -0.2) is 9.59 Å². The lowest BCUT2D eigenvalue weighted by Crippen LogP contribution is -2.37. The van der Waals surface area contributed by atoms with Gasteiger partial charge in [-0.3, -0.25) is 23.5 Å². The molecule has 2 fully saturated rings. The predicted molar refractivity (Wildman–Crippen MR) is 282 cm³/mol. The maximum absolute atomic E-state index is 11.9. The van der Waals surface area contributed by atoms with Crippen LogP contribution >= 0.6 is 0 Å². The monoisotopic (exact) mass is 1060 g/mol. The van der Waals surface area contributed by atoms with Gasteiger partial charge in [0.2, 0.25) is 12.0 Å². The third-order valence-corrected chi connectivity index (χ3v) is 27.5. The topological polar surface area (TPSA) is 259 Å². The third-order valence-electron chi connectivity index (χ3n) is 11.9. The Morgan fingerprint density at radius 1 is 0.557 bits per heavy atom. The van der Waals surface area contributed by atoms with Crippen LogP contribution in [-0.2, 0) is 44.9 Å². The first-order chi connectivity index (χ1) is 32.4. The maximum Gasteiger partial charge on any atom is 0.350 e. The Bertz CT molecular complexity index is 1910. The second kappa shape index (κ2) is 31.1. The molecule has 0 aromatic carbocycles. The fourth-order valence-corrected chi connectivity index (χ4v) is 27.9. The van der Waals surface area contributed by atoms with E-state index in [-0.39, 0.29) is 24.4 Å². The molecule has 7 atom stereocenters. The number of aliphatic hydroxyl groups is 5. The summed E-state index contributed by atoms with van der Waals surface area (Å²) in [6, 6.07) is 2.90. The van der Waals surface area contributed by atoms with Crippen molar-refractivity contribution >= 4 is 53.5 Å². The number of Topliss-reactive ketones (excluding diaryl/α,β-unsaturated/α-hetero) is 3. The molecule has 0 radical (unpaired) electrons. The zero-order valence-electron chi connectivity index (χ0n) is 45.3. The van der Waals surface area contributed by atoms with Gasteiger partial charge in [-0.15, -0.1) is 0 Å². The van der Waals surface area contributed by atoms with Gasteiger partial charge < -0.3 is 43.2 Å². The molecule has 2 aromatic rings. The summed E-state index contributed by atoms with van der Waals surface area (Å²) in [7, 11) is -3.96. The van der Waals surface area contributed by atoms with E-state index in [2.05, 4.69) is 121 Å². The van der Waals surface area contributed by atoms with Crippen LogP contribution in [0.5, 0.6) is 0 Å². The van der Waals surface area contributed by atoms with Gasteiger partial charge in [-0.05, 0) is 70.3 Å². The molecule has 0 aliphatic carbocycles. The number of aliphatic hydroxyl groups excluding tert-OH is 5. The van der Waals surface area contributed by atoms with Crippen LogP contribution in [-0.4, -0.2) is 142 Å². The van der Waals surface area contributed by atoms with E-state index < -0.39 is 110 Å². The molecule has 4 heterocycles. The Labute approximate surface area is 423 Å². The molecule has 18 nitrogen and oxygen atoms in total. The van der Waals surface area contributed by atoms with Crippen LogP contribution in [0.15, 0.2) is 34.1 Å². The molecule has 0 spiro atoms. The molecule has 0 unspecified atom stereocenters. The van der Waals surface area contributed by atoms with Gasteiger partial charge in [-0.1, -0.05) is 111 Å². The lowest BCUT2D eigenvalue weighted by molar-refractivity contribution is -0.130. The average Bonchev–Trinajstić information content (AvgIpc) is 3.68. The molecule has 4 rings (SSSR count). The van der Waals surface area contributed by atoms with E-state index in [4.69, 9.17) is 27.9 Å². The first-order valence-corrected chi connectivity index (χ1v) is 32.2.